The number of aromatic nitrogens is 3. The van der Waals surface area contributed by atoms with Gasteiger partial charge in [0.25, 0.3) is 5.91 Å². The average Bonchev–Trinajstić information content (AvgIpc) is 3.53. The number of benzene rings is 1. The molecule has 3 aromatic rings. The van der Waals surface area contributed by atoms with Crippen LogP contribution in [0, 0.1) is 0 Å². The Morgan fingerprint density at radius 3 is 2.55 bits per heavy atom. The topological polar surface area (TPSA) is 90.3 Å². The van der Waals surface area contributed by atoms with Gasteiger partial charge in [-0.05, 0) is 37.8 Å². The standard InChI is InChI=1S/C21H22N4O4/c1-23-21(28)25(14-6-7-14)19(22-23)13-8-10-24(11-9-13)20(27)18-12-16(26)15-4-2-3-5-17(15)29-18/h2-5,12-14H,6-11H2,1H3. The quantitative estimate of drug-likeness (QED) is 0.678. The number of carbonyl (C=O) groups excluding carboxylic acids is 1. The van der Waals surface area contributed by atoms with E-state index in [1.165, 1.54) is 10.7 Å². The van der Waals surface area contributed by atoms with Crippen molar-refractivity contribution in [3.8, 4) is 0 Å². The highest BCUT2D eigenvalue weighted by molar-refractivity contribution is 5.93. The Bertz CT molecular complexity index is 1210. The number of likely N-dealkylation sites (tertiary alicyclic amines) is 1. The van der Waals surface area contributed by atoms with Gasteiger partial charge < -0.3 is 9.32 Å². The molecule has 2 aromatic heterocycles. The first-order valence-electron chi connectivity index (χ1n) is 10.0. The molecule has 0 atom stereocenters. The molecule has 29 heavy (non-hydrogen) atoms. The van der Waals surface area contributed by atoms with Crippen molar-refractivity contribution in [2.45, 2.75) is 37.6 Å². The zero-order valence-corrected chi connectivity index (χ0v) is 16.2. The van der Waals surface area contributed by atoms with Crippen LogP contribution in [0.2, 0.25) is 0 Å². The third-order valence-electron chi connectivity index (χ3n) is 5.89. The molecule has 2 fully saturated rings. The monoisotopic (exact) mass is 394 g/mol. The van der Waals surface area contributed by atoms with E-state index in [-0.39, 0.29) is 34.7 Å². The summed E-state index contributed by atoms with van der Waals surface area (Å²) in [5, 5.41) is 4.94. The molecular weight excluding hydrogens is 372 g/mol. The van der Waals surface area contributed by atoms with E-state index in [1.807, 2.05) is 4.57 Å². The van der Waals surface area contributed by atoms with E-state index in [1.54, 1.807) is 36.2 Å². The van der Waals surface area contributed by atoms with Crippen LogP contribution >= 0.6 is 0 Å². The summed E-state index contributed by atoms with van der Waals surface area (Å²) >= 11 is 0. The summed E-state index contributed by atoms with van der Waals surface area (Å²) in [6, 6.07) is 8.48. The van der Waals surface area contributed by atoms with Gasteiger partial charge in [0, 0.05) is 38.2 Å². The van der Waals surface area contributed by atoms with E-state index in [0.717, 1.165) is 31.5 Å². The number of nitrogens with zero attached hydrogens (tertiary/aromatic N) is 4. The Balaban J connectivity index is 1.35. The molecule has 0 unspecified atom stereocenters. The van der Waals surface area contributed by atoms with Gasteiger partial charge in [0.1, 0.15) is 11.4 Å². The minimum absolute atomic E-state index is 0.0565. The summed E-state index contributed by atoms with van der Waals surface area (Å²) in [4.78, 5) is 39.3. The minimum atomic E-state index is -0.271. The van der Waals surface area contributed by atoms with Crippen LogP contribution in [0.25, 0.3) is 11.0 Å². The second kappa shape index (κ2) is 6.72. The fraction of sp³-hybridized carbons (Fsp3) is 0.429. The predicted molar refractivity (Wildman–Crippen MR) is 106 cm³/mol. The van der Waals surface area contributed by atoms with Gasteiger partial charge in [-0.2, -0.15) is 5.10 Å². The van der Waals surface area contributed by atoms with Gasteiger partial charge in [0.15, 0.2) is 11.2 Å². The lowest BCUT2D eigenvalue weighted by Crippen LogP contribution is -2.39. The normalized spacial score (nSPS) is 17.8. The molecule has 1 aromatic carbocycles. The Labute approximate surface area is 166 Å². The largest absolute Gasteiger partial charge is 0.451 e. The SMILES string of the molecule is Cn1nc(C2CCN(C(=O)c3cc(=O)c4ccccc4o3)CC2)n(C2CC2)c1=O. The lowest BCUT2D eigenvalue weighted by molar-refractivity contribution is 0.0678. The van der Waals surface area contributed by atoms with Crippen LogP contribution < -0.4 is 11.1 Å². The van der Waals surface area contributed by atoms with Crippen LogP contribution in [0.3, 0.4) is 0 Å². The molecule has 1 saturated heterocycles. The van der Waals surface area contributed by atoms with E-state index >= 15 is 0 Å². The molecule has 5 rings (SSSR count). The summed E-state index contributed by atoms with van der Waals surface area (Å²) in [5.74, 6) is 0.785. The maximum Gasteiger partial charge on any atom is 0.345 e. The van der Waals surface area contributed by atoms with E-state index in [0.29, 0.717) is 24.1 Å². The first kappa shape index (κ1) is 17.9. The smallest absolute Gasteiger partial charge is 0.345 e. The van der Waals surface area contributed by atoms with Gasteiger partial charge in [0.2, 0.25) is 0 Å². The van der Waals surface area contributed by atoms with Gasteiger partial charge in [-0.25, -0.2) is 9.48 Å². The van der Waals surface area contributed by atoms with Crippen LogP contribution in [0.1, 0.15) is 54.0 Å². The first-order chi connectivity index (χ1) is 14.0. The van der Waals surface area contributed by atoms with Gasteiger partial charge in [-0.15, -0.1) is 0 Å². The third-order valence-corrected chi connectivity index (χ3v) is 5.89. The molecule has 1 aliphatic carbocycles. The summed E-state index contributed by atoms with van der Waals surface area (Å²) in [6.07, 6.45) is 3.51. The van der Waals surface area contributed by atoms with Crippen molar-refractivity contribution in [3.05, 3.63) is 62.6 Å². The van der Waals surface area contributed by atoms with Crippen molar-refractivity contribution >= 4 is 16.9 Å². The number of hydrogen-bond donors (Lipinski definition) is 0. The van der Waals surface area contributed by atoms with Crippen LogP contribution in [0.15, 0.2) is 44.3 Å². The van der Waals surface area contributed by atoms with E-state index in [4.69, 9.17) is 4.42 Å². The molecular formula is C21H22N4O4. The van der Waals surface area contributed by atoms with Crippen molar-refractivity contribution in [2.24, 2.45) is 7.05 Å². The Morgan fingerprint density at radius 2 is 1.83 bits per heavy atom. The summed E-state index contributed by atoms with van der Waals surface area (Å²) in [6.45, 7) is 1.07. The number of piperidine rings is 1. The van der Waals surface area contributed by atoms with E-state index in [9.17, 15) is 14.4 Å². The van der Waals surface area contributed by atoms with Crippen molar-refractivity contribution in [3.63, 3.8) is 0 Å². The number of hydrogen-bond acceptors (Lipinski definition) is 5. The molecule has 0 N–H and O–H groups in total. The maximum atomic E-state index is 12.9. The lowest BCUT2D eigenvalue weighted by atomic mass is 9.95. The molecule has 8 nitrogen and oxygen atoms in total. The molecule has 1 saturated carbocycles. The highest BCUT2D eigenvalue weighted by Crippen LogP contribution is 2.37. The van der Waals surface area contributed by atoms with E-state index < -0.39 is 0 Å². The summed E-state index contributed by atoms with van der Waals surface area (Å²) in [7, 11) is 1.69. The number of rotatable bonds is 3. The lowest BCUT2D eigenvalue weighted by Gasteiger charge is -2.31. The molecule has 2 aliphatic rings. The minimum Gasteiger partial charge on any atom is -0.451 e. The van der Waals surface area contributed by atoms with Crippen molar-refractivity contribution in [2.75, 3.05) is 13.1 Å². The molecule has 150 valence electrons. The molecule has 1 amide bonds. The van der Waals surface area contributed by atoms with Crippen LogP contribution in [0.5, 0.6) is 0 Å². The predicted octanol–water partition coefficient (Wildman–Crippen LogP) is 2.04. The number of fused-ring (bicyclic) bond motifs is 1. The average molecular weight is 394 g/mol. The Hall–Kier alpha value is -3.16. The van der Waals surface area contributed by atoms with Crippen LogP contribution in [-0.4, -0.2) is 38.2 Å². The van der Waals surface area contributed by atoms with Crippen molar-refractivity contribution in [1.82, 2.24) is 19.2 Å². The fourth-order valence-electron chi connectivity index (χ4n) is 4.16. The van der Waals surface area contributed by atoms with Gasteiger partial charge in [-0.3, -0.25) is 14.2 Å². The molecule has 3 heterocycles. The number of aryl methyl sites for hydroxylation is 1. The molecule has 0 radical (unpaired) electrons. The molecule has 1 aliphatic heterocycles. The molecule has 0 bridgehead atoms. The summed E-state index contributed by atoms with van der Waals surface area (Å²) in [5.41, 5.74) is 0.145. The van der Waals surface area contributed by atoms with Gasteiger partial charge >= 0.3 is 5.69 Å². The molecule has 8 heteroatoms. The summed E-state index contributed by atoms with van der Waals surface area (Å²) < 4.78 is 8.94. The molecule has 0 spiro atoms. The second-order valence-corrected chi connectivity index (χ2v) is 7.90. The number of amides is 1. The highest BCUT2D eigenvalue weighted by Gasteiger charge is 2.34. The fourth-order valence-corrected chi connectivity index (χ4v) is 4.16. The van der Waals surface area contributed by atoms with Crippen molar-refractivity contribution in [1.29, 1.82) is 0 Å². The third kappa shape index (κ3) is 3.08. The maximum absolute atomic E-state index is 12.9. The second-order valence-electron chi connectivity index (χ2n) is 7.90. The highest BCUT2D eigenvalue weighted by atomic mass is 16.3. The Kier molecular flexibility index (Phi) is 4.15. The zero-order chi connectivity index (χ0) is 20.1. The zero-order valence-electron chi connectivity index (χ0n) is 16.2. The van der Waals surface area contributed by atoms with Gasteiger partial charge in [-0.1, -0.05) is 12.1 Å². The van der Waals surface area contributed by atoms with Crippen LogP contribution in [-0.2, 0) is 7.05 Å². The van der Waals surface area contributed by atoms with Crippen LogP contribution in [0.4, 0.5) is 0 Å². The van der Waals surface area contributed by atoms with E-state index in [2.05, 4.69) is 5.10 Å². The number of carbonyl (C=O) groups is 1. The first-order valence-corrected chi connectivity index (χ1v) is 10.0. The van der Waals surface area contributed by atoms with Gasteiger partial charge in [0.05, 0.1) is 5.39 Å². The Morgan fingerprint density at radius 1 is 1.10 bits per heavy atom. The van der Waals surface area contributed by atoms with Crippen molar-refractivity contribution < 1.29 is 9.21 Å². The number of para-hydroxylation sites is 1.